The number of hydrogen-bond donors (Lipinski definition) is 4. The van der Waals surface area contributed by atoms with Crippen molar-refractivity contribution in [1.82, 2.24) is 30.2 Å². The Balaban J connectivity index is 0.000000213. The highest BCUT2D eigenvalue weighted by molar-refractivity contribution is 6.02. The fourth-order valence-electron chi connectivity index (χ4n) is 6.72. The minimum absolute atomic E-state index is 0.0417. The second-order valence-corrected chi connectivity index (χ2v) is 15.8. The first-order valence-electron chi connectivity index (χ1n) is 19.5. The van der Waals surface area contributed by atoms with Crippen LogP contribution in [0.25, 0.3) is 44.6 Å². The molecule has 0 radical (unpaired) electrons. The molecular weight excluding hydrogens is 853 g/mol. The second kappa shape index (κ2) is 18.4. The van der Waals surface area contributed by atoms with Crippen molar-refractivity contribution < 1.29 is 49.8 Å². The lowest BCUT2D eigenvalue weighted by atomic mass is 9.94. The van der Waals surface area contributed by atoms with Gasteiger partial charge in [-0.2, -0.15) is 26.3 Å². The van der Waals surface area contributed by atoms with Crippen LogP contribution in [-0.2, 0) is 12.4 Å². The number of aliphatic hydroxyl groups excluding tert-OH is 1. The summed E-state index contributed by atoms with van der Waals surface area (Å²) in [5.41, 5.74) is 9.75. The molecule has 334 valence electrons. The first-order chi connectivity index (χ1) is 30.0. The Hall–Kier alpha value is -7.02. The molecule has 0 saturated carbocycles. The number of nitrogens with two attached hydrogens (primary N) is 2. The van der Waals surface area contributed by atoms with Gasteiger partial charge in [0.15, 0.2) is 0 Å². The number of carbonyl (C=O) groups excluding carboxylic acids is 2. The van der Waals surface area contributed by atoms with E-state index in [2.05, 4.69) is 25.3 Å². The van der Waals surface area contributed by atoms with Crippen LogP contribution in [0.15, 0.2) is 97.6 Å². The highest BCUT2D eigenvalue weighted by Gasteiger charge is 2.34. The molecule has 2 aromatic heterocycles. The van der Waals surface area contributed by atoms with Crippen molar-refractivity contribution in [3.05, 3.63) is 131 Å². The molecule has 19 heteroatoms. The summed E-state index contributed by atoms with van der Waals surface area (Å²) in [7, 11) is 0. The number of nitrogens with zero attached hydrogens (tertiary/aromatic N) is 5. The molecule has 0 aliphatic carbocycles. The molecule has 0 spiro atoms. The Morgan fingerprint density at radius 2 is 1.14 bits per heavy atom. The number of aliphatic hydroxyl groups is 1. The Morgan fingerprint density at radius 1 is 0.641 bits per heavy atom. The van der Waals surface area contributed by atoms with Crippen molar-refractivity contribution in [1.29, 1.82) is 0 Å². The van der Waals surface area contributed by atoms with E-state index >= 15 is 0 Å². The second-order valence-electron chi connectivity index (χ2n) is 15.8. The lowest BCUT2D eigenvalue weighted by Gasteiger charge is -2.30. The number of rotatable bonds is 6. The van der Waals surface area contributed by atoms with E-state index in [1.54, 1.807) is 20.8 Å². The number of likely N-dealkylation sites (tertiary alicyclic amines) is 1. The van der Waals surface area contributed by atoms with E-state index in [-0.39, 0.29) is 75.1 Å². The minimum atomic E-state index is -4.64. The number of amides is 2. The van der Waals surface area contributed by atoms with Gasteiger partial charge in [-0.1, -0.05) is 30.3 Å². The van der Waals surface area contributed by atoms with E-state index in [1.165, 1.54) is 66.1 Å². The number of nitrogens with one attached hydrogen (secondary N) is 1. The van der Waals surface area contributed by atoms with Gasteiger partial charge in [0.05, 0.1) is 35.3 Å². The van der Waals surface area contributed by atoms with Gasteiger partial charge in [-0.3, -0.25) is 14.6 Å². The van der Waals surface area contributed by atoms with Crippen LogP contribution in [0.3, 0.4) is 0 Å². The highest BCUT2D eigenvalue weighted by Crippen LogP contribution is 2.37. The third-order valence-corrected chi connectivity index (χ3v) is 9.90. The molecule has 1 fully saturated rings. The zero-order valence-corrected chi connectivity index (χ0v) is 34.3. The predicted molar refractivity (Wildman–Crippen MR) is 223 cm³/mol. The molecule has 6 N–H and O–H groups in total. The van der Waals surface area contributed by atoms with Crippen LogP contribution in [-0.4, -0.2) is 66.5 Å². The van der Waals surface area contributed by atoms with Gasteiger partial charge in [-0.15, -0.1) is 0 Å². The summed E-state index contributed by atoms with van der Waals surface area (Å²) in [6.07, 6.45) is -3.82. The third-order valence-electron chi connectivity index (χ3n) is 9.90. The molecule has 4 aromatic carbocycles. The van der Waals surface area contributed by atoms with Gasteiger partial charge in [0, 0.05) is 58.8 Å². The topological polar surface area (TPSA) is 173 Å². The molecule has 11 nitrogen and oxygen atoms in total. The van der Waals surface area contributed by atoms with Crippen LogP contribution in [0.4, 0.5) is 46.9 Å². The third kappa shape index (κ3) is 11.1. The summed E-state index contributed by atoms with van der Waals surface area (Å²) in [5, 5.41) is 12.3. The van der Waals surface area contributed by atoms with Gasteiger partial charge >= 0.3 is 12.4 Å². The SMILES string of the molecule is CC(C)(C)NC(=O)c1cc(C(F)(F)F)ccc1-c1ccc(-c2cnc(N)nc2)c(F)c1.Nc1cnc(-c2ccc(-c3ccc(C(F)(F)F)cc3C(=O)N3CCC(O)CC3)cc2F)cn1. The van der Waals surface area contributed by atoms with E-state index < -0.39 is 58.6 Å². The molecule has 6 aromatic rings. The predicted octanol–water partition coefficient (Wildman–Crippen LogP) is 9.23. The number of hydrogen-bond acceptors (Lipinski definition) is 9. The van der Waals surface area contributed by atoms with Gasteiger partial charge in [-0.25, -0.2) is 23.7 Å². The Bertz CT molecular complexity index is 2660. The lowest BCUT2D eigenvalue weighted by Crippen LogP contribution is -2.40. The van der Waals surface area contributed by atoms with Gasteiger partial charge < -0.3 is 26.8 Å². The van der Waals surface area contributed by atoms with Crippen molar-refractivity contribution in [2.75, 3.05) is 24.6 Å². The van der Waals surface area contributed by atoms with Crippen molar-refractivity contribution >= 4 is 23.6 Å². The number of benzene rings is 4. The number of anilines is 2. The smallest absolute Gasteiger partial charge is 0.393 e. The van der Waals surface area contributed by atoms with Crippen LogP contribution in [0, 0.1) is 11.6 Å². The Morgan fingerprint density at radius 3 is 1.62 bits per heavy atom. The maximum atomic E-state index is 14.9. The van der Waals surface area contributed by atoms with Crippen LogP contribution in [0.1, 0.15) is 65.5 Å². The summed E-state index contributed by atoms with van der Waals surface area (Å²) in [6.45, 7) is 5.57. The maximum absolute atomic E-state index is 14.9. The molecule has 1 aliphatic rings. The van der Waals surface area contributed by atoms with Crippen LogP contribution in [0.5, 0.6) is 0 Å². The number of carbonyl (C=O) groups is 2. The first kappa shape index (κ1) is 46.5. The summed E-state index contributed by atoms with van der Waals surface area (Å²) in [6, 6.07) is 13.8. The highest BCUT2D eigenvalue weighted by atomic mass is 19.4. The van der Waals surface area contributed by atoms with Gasteiger partial charge in [0.1, 0.15) is 17.5 Å². The van der Waals surface area contributed by atoms with Crippen molar-refractivity contribution in [3.8, 4) is 44.6 Å². The van der Waals surface area contributed by atoms with Crippen LogP contribution >= 0.6 is 0 Å². The Kier molecular flexibility index (Phi) is 13.3. The normalized spacial score (nSPS) is 13.5. The molecule has 0 bridgehead atoms. The molecule has 1 saturated heterocycles. The summed E-state index contributed by atoms with van der Waals surface area (Å²) in [5.74, 6) is -2.39. The van der Waals surface area contributed by atoms with E-state index in [1.807, 2.05) is 0 Å². The molecule has 64 heavy (non-hydrogen) atoms. The largest absolute Gasteiger partial charge is 0.416 e. The molecule has 3 heterocycles. The first-order valence-corrected chi connectivity index (χ1v) is 19.5. The zero-order chi connectivity index (χ0) is 46.7. The van der Waals surface area contributed by atoms with Gasteiger partial charge in [0.2, 0.25) is 5.95 Å². The van der Waals surface area contributed by atoms with Gasteiger partial charge in [0.25, 0.3) is 11.8 Å². The Labute approximate surface area is 361 Å². The molecular formula is C45H40F8N8O3. The molecule has 7 rings (SSSR count). The van der Waals surface area contributed by atoms with E-state index in [0.717, 1.165) is 36.4 Å². The molecule has 0 atom stereocenters. The number of piperidine rings is 1. The standard InChI is InChI=1S/C23H20F4N4O2.C22H20F4N4O/c24-19-9-13(1-3-17(19)20-11-30-21(28)12-29-20)16-4-2-14(23(25,26)27)10-18(16)22(33)31-7-5-15(32)6-8-31;1-21(2,3)30-19(31)17-9-14(22(24,25)26)5-7-15(17)12-4-6-16(18(23)8-12)13-10-28-20(27)29-11-13/h1-4,9-12,15,32H,5-8H2,(H2,28,30);4-11H,1-3H3,(H,30,31)(H2,27,28,29). The van der Waals surface area contributed by atoms with Crippen LogP contribution in [0.2, 0.25) is 0 Å². The number of halogens is 8. The average molecular weight is 893 g/mol. The fraction of sp³-hybridized carbons (Fsp3) is 0.244. The molecule has 2 amide bonds. The van der Waals surface area contributed by atoms with E-state index in [0.29, 0.717) is 18.4 Å². The summed E-state index contributed by atoms with van der Waals surface area (Å²) >= 11 is 0. The zero-order valence-electron chi connectivity index (χ0n) is 34.3. The molecule has 0 unspecified atom stereocenters. The average Bonchev–Trinajstić information content (AvgIpc) is 3.23. The number of nitrogen functional groups attached to an aromatic ring is 2. The van der Waals surface area contributed by atoms with Crippen molar-refractivity contribution in [2.45, 2.75) is 57.6 Å². The monoisotopic (exact) mass is 892 g/mol. The van der Waals surface area contributed by atoms with E-state index in [9.17, 15) is 49.8 Å². The quantitative estimate of drug-likeness (QED) is 0.119. The minimum Gasteiger partial charge on any atom is -0.393 e. The van der Waals surface area contributed by atoms with Crippen molar-refractivity contribution in [3.63, 3.8) is 0 Å². The molecule has 1 aliphatic heterocycles. The van der Waals surface area contributed by atoms with E-state index in [4.69, 9.17) is 11.5 Å². The number of aromatic nitrogens is 4. The van der Waals surface area contributed by atoms with Gasteiger partial charge in [-0.05, 0) is 98.3 Å². The summed E-state index contributed by atoms with van der Waals surface area (Å²) < 4.78 is 109. The fourth-order valence-corrected chi connectivity index (χ4v) is 6.72. The van der Waals surface area contributed by atoms with Crippen molar-refractivity contribution in [2.24, 2.45) is 0 Å². The number of alkyl halides is 6. The lowest BCUT2D eigenvalue weighted by molar-refractivity contribution is -0.138. The maximum Gasteiger partial charge on any atom is 0.416 e. The summed E-state index contributed by atoms with van der Waals surface area (Å²) in [4.78, 5) is 42.8. The van der Waals surface area contributed by atoms with Crippen LogP contribution < -0.4 is 16.8 Å².